The van der Waals surface area contributed by atoms with Crippen LogP contribution in [0.4, 0.5) is 5.69 Å². The summed E-state index contributed by atoms with van der Waals surface area (Å²) in [5, 5.41) is 0. The molecule has 0 radical (unpaired) electrons. The zero-order valence-electron chi connectivity index (χ0n) is 13.4. The van der Waals surface area contributed by atoms with Crippen LogP contribution in [0.2, 0.25) is 0 Å². The van der Waals surface area contributed by atoms with Crippen LogP contribution in [0.25, 0.3) is 0 Å². The molecule has 0 heterocycles. The van der Waals surface area contributed by atoms with Crippen molar-refractivity contribution in [2.75, 3.05) is 11.3 Å². The number of amides is 1. The second-order valence-corrected chi connectivity index (χ2v) is 6.94. The molecule has 0 atom stereocenters. The number of rotatable bonds is 6. The Hall–Kier alpha value is -2.58. The molecule has 24 heavy (non-hydrogen) atoms. The average molecular weight is 349 g/mol. The standard InChI is InChI=1S/C16H19N3O4S/c1-11-3-5-13(6-4-11)19-24(21,22)14-7-8-15(12(2)9-14)23-10-16(20)18-17/h3-9,19H,10,17H2,1-2H3,(H,18,20). The Morgan fingerprint density at radius 1 is 1.12 bits per heavy atom. The van der Waals surface area contributed by atoms with Crippen LogP contribution < -0.4 is 20.7 Å². The van der Waals surface area contributed by atoms with Crippen LogP contribution in [0.3, 0.4) is 0 Å². The van der Waals surface area contributed by atoms with Gasteiger partial charge in [0.1, 0.15) is 5.75 Å². The summed E-state index contributed by atoms with van der Waals surface area (Å²) in [7, 11) is -3.71. The monoisotopic (exact) mass is 349 g/mol. The summed E-state index contributed by atoms with van der Waals surface area (Å²) in [4.78, 5) is 11.2. The molecule has 0 aliphatic heterocycles. The highest BCUT2D eigenvalue weighted by Crippen LogP contribution is 2.23. The predicted octanol–water partition coefficient (Wildman–Crippen LogP) is 1.47. The molecule has 2 rings (SSSR count). The van der Waals surface area contributed by atoms with Gasteiger partial charge in [0.05, 0.1) is 4.90 Å². The highest BCUT2D eigenvalue weighted by atomic mass is 32.2. The highest BCUT2D eigenvalue weighted by molar-refractivity contribution is 7.92. The maximum absolute atomic E-state index is 12.4. The lowest BCUT2D eigenvalue weighted by atomic mass is 10.2. The number of ether oxygens (including phenoxy) is 1. The summed E-state index contributed by atoms with van der Waals surface area (Å²) < 4.78 is 32.7. The van der Waals surface area contributed by atoms with Gasteiger partial charge >= 0.3 is 0 Å². The number of carbonyl (C=O) groups excluding carboxylic acids is 1. The first kappa shape index (κ1) is 17.8. The number of benzene rings is 2. The van der Waals surface area contributed by atoms with Crippen LogP contribution in [0, 0.1) is 13.8 Å². The van der Waals surface area contributed by atoms with E-state index in [-0.39, 0.29) is 11.5 Å². The molecule has 7 nitrogen and oxygen atoms in total. The highest BCUT2D eigenvalue weighted by Gasteiger charge is 2.16. The van der Waals surface area contributed by atoms with Crippen molar-refractivity contribution in [1.82, 2.24) is 5.43 Å². The van der Waals surface area contributed by atoms with E-state index in [4.69, 9.17) is 10.6 Å². The zero-order chi connectivity index (χ0) is 17.7. The van der Waals surface area contributed by atoms with Gasteiger partial charge in [0, 0.05) is 5.69 Å². The number of aryl methyl sites for hydroxylation is 2. The largest absolute Gasteiger partial charge is 0.483 e. The van der Waals surface area contributed by atoms with Crippen LogP contribution in [-0.4, -0.2) is 20.9 Å². The molecule has 0 bridgehead atoms. The van der Waals surface area contributed by atoms with Crippen molar-refractivity contribution >= 4 is 21.6 Å². The Labute approximate surface area is 140 Å². The number of sulfonamides is 1. The lowest BCUT2D eigenvalue weighted by Crippen LogP contribution is -2.34. The zero-order valence-corrected chi connectivity index (χ0v) is 14.2. The van der Waals surface area contributed by atoms with Crippen LogP contribution in [0.5, 0.6) is 5.75 Å². The lowest BCUT2D eigenvalue weighted by molar-refractivity contribution is -0.123. The number of hydrogen-bond donors (Lipinski definition) is 3. The van der Waals surface area contributed by atoms with Crippen LogP contribution in [-0.2, 0) is 14.8 Å². The number of carbonyl (C=O) groups is 1. The molecule has 4 N–H and O–H groups in total. The van der Waals surface area contributed by atoms with E-state index in [9.17, 15) is 13.2 Å². The summed E-state index contributed by atoms with van der Waals surface area (Å²) >= 11 is 0. The molecule has 0 unspecified atom stereocenters. The Morgan fingerprint density at radius 3 is 2.38 bits per heavy atom. The molecule has 1 amide bonds. The fraction of sp³-hybridized carbons (Fsp3) is 0.188. The maximum atomic E-state index is 12.4. The average Bonchev–Trinajstić information content (AvgIpc) is 2.55. The first-order chi connectivity index (χ1) is 11.3. The first-order valence-electron chi connectivity index (χ1n) is 7.14. The molecule has 2 aromatic carbocycles. The van der Waals surface area contributed by atoms with Crippen molar-refractivity contribution in [2.45, 2.75) is 18.7 Å². The van der Waals surface area contributed by atoms with E-state index in [0.717, 1.165) is 5.56 Å². The molecule has 0 aromatic heterocycles. The van der Waals surface area contributed by atoms with Gasteiger partial charge in [-0.1, -0.05) is 17.7 Å². The van der Waals surface area contributed by atoms with Crippen LogP contribution >= 0.6 is 0 Å². The van der Waals surface area contributed by atoms with E-state index in [1.807, 2.05) is 24.5 Å². The molecule has 0 aliphatic rings. The lowest BCUT2D eigenvalue weighted by Gasteiger charge is -2.12. The third-order valence-electron chi connectivity index (χ3n) is 3.28. The predicted molar refractivity (Wildman–Crippen MR) is 91.0 cm³/mol. The van der Waals surface area contributed by atoms with Gasteiger partial charge in [0.2, 0.25) is 0 Å². The van der Waals surface area contributed by atoms with Gasteiger partial charge in [-0.3, -0.25) is 14.9 Å². The van der Waals surface area contributed by atoms with Crippen molar-refractivity contribution in [3.05, 3.63) is 53.6 Å². The Kier molecular flexibility index (Phi) is 5.42. The SMILES string of the molecule is Cc1ccc(NS(=O)(=O)c2ccc(OCC(=O)NN)c(C)c2)cc1. The number of hydrazine groups is 1. The van der Waals surface area contributed by atoms with Crippen LogP contribution in [0.1, 0.15) is 11.1 Å². The van der Waals surface area contributed by atoms with Crippen molar-refractivity contribution in [3.8, 4) is 5.75 Å². The maximum Gasteiger partial charge on any atom is 0.271 e. The van der Waals surface area contributed by atoms with E-state index < -0.39 is 15.9 Å². The summed E-state index contributed by atoms with van der Waals surface area (Å²) in [5.41, 5.74) is 4.06. The minimum Gasteiger partial charge on any atom is -0.483 e. The fourth-order valence-electron chi connectivity index (χ4n) is 1.97. The fourth-order valence-corrected chi connectivity index (χ4v) is 3.11. The van der Waals surface area contributed by atoms with Crippen LogP contribution in [0.15, 0.2) is 47.4 Å². The van der Waals surface area contributed by atoms with Crippen molar-refractivity contribution in [1.29, 1.82) is 0 Å². The third kappa shape index (κ3) is 4.46. The van der Waals surface area contributed by atoms with Gasteiger partial charge in [0.15, 0.2) is 6.61 Å². The molecule has 2 aromatic rings. The molecule has 0 saturated heterocycles. The molecule has 0 spiro atoms. The van der Waals surface area contributed by atoms with Gasteiger partial charge in [0.25, 0.3) is 15.9 Å². The summed E-state index contributed by atoms with van der Waals surface area (Å²) in [6, 6.07) is 11.4. The van der Waals surface area contributed by atoms with Gasteiger partial charge in [-0.05, 0) is 49.7 Å². The number of hydrogen-bond acceptors (Lipinski definition) is 5. The quantitative estimate of drug-likeness (QED) is 0.415. The Morgan fingerprint density at radius 2 is 1.79 bits per heavy atom. The molecule has 8 heteroatoms. The van der Waals surface area contributed by atoms with E-state index in [1.54, 1.807) is 19.1 Å². The first-order valence-corrected chi connectivity index (χ1v) is 8.62. The Bertz CT molecular complexity index is 833. The molecule has 0 fully saturated rings. The van der Waals surface area contributed by atoms with Gasteiger partial charge in [-0.15, -0.1) is 0 Å². The van der Waals surface area contributed by atoms with Gasteiger partial charge in [-0.25, -0.2) is 14.3 Å². The number of nitrogens with one attached hydrogen (secondary N) is 2. The Balaban J connectivity index is 2.17. The molecule has 0 saturated carbocycles. The summed E-state index contributed by atoms with van der Waals surface area (Å²) in [5.74, 6) is 4.90. The van der Waals surface area contributed by atoms with Gasteiger partial charge in [-0.2, -0.15) is 0 Å². The van der Waals surface area contributed by atoms with E-state index in [2.05, 4.69) is 4.72 Å². The second-order valence-electron chi connectivity index (χ2n) is 5.26. The number of nitrogens with two attached hydrogens (primary N) is 1. The normalized spacial score (nSPS) is 11.0. The smallest absolute Gasteiger partial charge is 0.271 e. The van der Waals surface area contributed by atoms with E-state index in [1.165, 1.54) is 18.2 Å². The topological polar surface area (TPSA) is 111 Å². The molecular formula is C16H19N3O4S. The van der Waals surface area contributed by atoms with Crippen molar-refractivity contribution < 1.29 is 17.9 Å². The van der Waals surface area contributed by atoms with Gasteiger partial charge < -0.3 is 4.74 Å². The minimum atomic E-state index is -3.71. The minimum absolute atomic E-state index is 0.108. The van der Waals surface area contributed by atoms with E-state index >= 15 is 0 Å². The molecule has 0 aliphatic carbocycles. The summed E-state index contributed by atoms with van der Waals surface area (Å²) in [6.07, 6.45) is 0. The number of anilines is 1. The van der Waals surface area contributed by atoms with Crippen molar-refractivity contribution in [3.63, 3.8) is 0 Å². The van der Waals surface area contributed by atoms with Crippen molar-refractivity contribution in [2.24, 2.45) is 5.84 Å². The molecular weight excluding hydrogens is 330 g/mol. The van der Waals surface area contributed by atoms with E-state index in [0.29, 0.717) is 17.0 Å². The molecule has 128 valence electrons. The second kappa shape index (κ2) is 7.33. The third-order valence-corrected chi connectivity index (χ3v) is 4.66. The summed E-state index contributed by atoms with van der Waals surface area (Å²) in [6.45, 7) is 3.37.